The molecule has 0 amide bonds. The summed E-state index contributed by atoms with van der Waals surface area (Å²) < 4.78 is 4.58. The number of hydrogen-bond donors (Lipinski definition) is 0. The molecule has 0 radical (unpaired) electrons. The first-order valence-electron chi connectivity index (χ1n) is 3.93. The quantitative estimate of drug-likeness (QED) is 0.265. The summed E-state index contributed by atoms with van der Waals surface area (Å²) in [5.41, 5.74) is -0.165. The highest BCUT2D eigenvalue weighted by molar-refractivity contribution is 5.94. The van der Waals surface area contributed by atoms with Gasteiger partial charge in [-0.15, -0.1) is 0 Å². The second-order valence-corrected chi connectivity index (χ2v) is 2.82. The fourth-order valence-corrected chi connectivity index (χ4v) is 0.630. The Kier molecular flexibility index (Phi) is 4.55. The van der Waals surface area contributed by atoms with Crippen LogP contribution in [-0.2, 0) is 19.1 Å². The molecule has 0 aliphatic carbocycles. The van der Waals surface area contributed by atoms with Gasteiger partial charge in [0.15, 0.2) is 0 Å². The van der Waals surface area contributed by atoms with Gasteiger partial charge in [0.05, 0.1) is 5.97 Å². The molecule has 0 aromatic heterocycles. The maximum absolute atomic E-state index is 10.9. The molecule has 0 bridgehead atoms. The van der Waals surface area contributed by atoms with Gasteiger partial charge in [-0.05, 0) is 20.8 Å². The molecule has 14 heavy (non-hydrogen) atoms. The molecule has 0 aliphatic rings. The standard InChI is InChI=1S/C9H12O5/c1-5(10)4-8(11)14-7(3)6(2)9(12)13/h4H2,1-3H3,(H,12,13)/p-1/b7-6+. The Hall–Kier alpha value is -1.65. The van der Waals surface area contributed by atoms with Gasteiger partial charge in [0.25, 0.3) is 0 Å². The third kappa shape index (κ3) is 4.39. The van der Waals surface area contributed by atoms with E-state index in [1.165, 1.54) is 20.8 Å². The number of ether oxygens (including phenoxy) is 1. The molecular weight excluding hydrogens is 188 g/mol. The van der Waals surface area contributed by atoms with E-state index in [2.05, 4.69) is 4.74 Å². The lowest BCUT2D eigenvalue weighted by molar-refractivity contribution is -0.299. The number of carbonyl (C=O) groups is 3. The predicted octanol–water partition coefficient (Wildman–Crippen LogP) is -0.448. The summed E-state index contributed by atoms with van der Waals surface area (Å²) in [7, 11) is 0. The average Bonchev–Trinajstić information content (AvgIpc) is 2.00. The fourth-order valence-electron chi connectivity index (χ4n) is 0.630. The van der Waals surface area contributed by atoms with Gasteiger partial charge < -0.3 is 14.6 Å². The number of aliphatic carboxylic acids is 1. The summed E-state index contributed by atoms with van der Waals surface area (Å²) >= 11 is 0. The third-order valence-electron chi connectivity index (χ3n) is 1.49. The molecule has 5 nitrogen and oxygen atoms in total. The fraction of sp³-hybridized carbons (Fsp3) is 0.444. The van der Waals surface area contributed by atoms with Crippen molar-refractivity contribution in [3.05, 3.63) is 11.3 Å². The molecule has 0 unspecified atom stereocenters. The minimum Gasteiger partial charge on any atom is -0.545 e. The van der Waals surface area contributed by atoms with E-state index in [1.54, 1.807) is 0 Å². The highest BCUT2D eigenvalue weighted by Crippen LogP contribution is 2.05. The van der Waals surface area contributed by atoms with E-state index in [-0.39, 0.29) is 23.5 Å². The number of allylic oxidation sites excluding steroid dienone is 1. The smallest absolute Gasteiger partial charge is 0.318 e. The monoisotopic (exact) mass is 199 g/mol. The van der Waals surface area contributed by atoms with Crippen LogP contribution in [0.25, 0.3) is 0 Å². The van der Waals surface area contributed by atoms with Crippen LogP contribution in [0.4, 0.5) is 0 Å². The minimum atomic E-state index is -1.40. The zero-order chi connectivity index (χ0) is 11.3. The molecule has 0 heterocycles. The molecule has 0 saturated carbocycles. The van der Waals surface area contributed by atoms with Crippen molar-refractivity contribution in [3.63, 3.8) is 0 Å². The van der Waals surface area contributed by atoms with Crippen LogP contribution in [0.5, 0.6) is 0 Å². The Morgan fingerprint density at radius 1 is 1.14 bits per heavy atom. The van der Waals surface area contributed by atoms with Crippen LogP contribution in [0.15, 0.2) is 11.3 Å². The highest BCUT2D eigenvalue weighted by atomic mass is 16.5. The van der Waals surface area contributed by atoms with Gasteiger partial charge in [-0.25, -0.2) is 0 Å². The number of rotatable bonds is 4. The van der Waals surface area contributed by atoms with Crippen LogP contribution >= 0.6 is 0 Å². The van der Waals surface area contributed by atoms with Crippen molar-refractivity contribution < 1.29 is 24.2 Å². The lowest BCUT2D eigenvalue weighted by Gasteiger charge is -2.08. The Morgan fingerprint density at radius 3 is 2.00 bits per heavy atom. The van der Waals surface area contributed by atoms with Crippen molar-refractivity contribution in [2.45, 2.75) is 27.2 Å². The summed E-state index contributed by atoms with van der Waals surface area (Å²) in [5.74, 6) is -2.57. The lowest BCUT2D eigenvalue weighted by atomic mass is 10.2. The number of ketones is 1. The number of esters is 1. The van der Waals surface area contributed by atoms with Crippen molar-refractivity contribution in [3.8, 4) is 0 Å². The van der Waals surface area contributed by atoms with E-state index in [1.807, 2.05) is 0 Å². The van der Waals surface area contributed by atoms with E-state index in [0.29, 0.717) is 0 Å². The Bertz CT molecular complexity index is 300. The molecule has 0 aromatic rings. The summed E-state index contributed by atoms with van der Waals surface area (Å²) in [6.07, 6.45) is -0.363. The molecule has 0 aromatic carbocycles. The second kappa shape index (κ2) is 5.16. The zero-order valence-corrected chi connectivity index (χ0v) is 8.25. The normalized spacial score (nSPS) is 11.6. The van der Waals surface area contributed by atoms with Gasteiger partial charge in [-0.1, -0.05) is 0 Å². The average molecular weight is 199 g/mol. The number of carboxylic acids is 1. The van der Waals surface area contributed by atoms with Gasteiger partial charge in [-0.3, -0.25) is 9.59 Å². The Balaban J connectivity index is 4.39. The summed E-state index contributed by atoms with van der Waals surface area (Å²) in [6, 6.07) is 0. The molecule has 78 valence electrons. The maximum atomic E-state index is 10.9. The SMILES string of the molecule is CC(=O)CC(=O)O/C(C)=C(\C)C(=O)[O-]. The number of carboxylic acid groups (broad SMARTS) is 1. The molecule has 0 spiro atoms. The Labute approximate surface area is 81.4 Å². The van der Waals surface area contributed by atoms with Gasteiger partial charge in [0, 0.05) is 5.57 Å². The number of Topliss-reactive ketones (excluding diaryl/α,β-unsaturated/α-hetero) is 1. The molecule has 5 heteroatoms. The molecule has 0 N–H and O–H groups in total. The predicted molar refractivity (Wildman–Crippen MR) is 44.8 cm³/mol. The molecule has 0 rings (SSSR count). The van der Waals surface area contributed by atoms with Crippen molar-refractivity contribution in [1.29, 1.82) is 0 Å². The lowest BCUT2D eigenvalue weighted by Crippen LogP contribution is -2.24. The first-order chi connectivity index (χ1) is 6.34. The third-order valence-corrected chi connectivity index (χ3v) is 1.49. The maximum Gasteiger partial charge on any atom is 0.318 e. The van der Waals surface area contributed by atoms with E-state index in [4.69, 9.17) is 0 Å². The highest BCUT2D eigenvalue weighted by Gasteiger charge is 2.09. The number of carbonyl (C=O) groups excluding carboxylic acids is 3. The van der Waals surface area contributed by atoms with E-state index in [0.717, 1.165) is 0 Å². The van der Waals surface area contributed by atoms with Gasteiger partial charge in [-0.2, -0.15) is 0 Å². The first kappa shape index (κ1) is 12.3. The van der Waals surface area contributed by atoms with Crippen molar-refractivity contribution in [2.24, 2.45) is 0 Å². The van der Waals surface area contributed by atoms with Gasteiger partial charge in [0.2, 0.25) is 0 Å². The van der Waals surface area contributed by atoms with Crippen molar-refractivity contribution >= 4 is 17.7 Å². The van der Waals surface area contributed by atoms with E-state index < -0.39 is 11.9 Å². The number of hydrogen-bond acceptors (Lipinski definition) is 5. The van der Waals surface area contributed by atoms with Crippen molar-refractivity contribution in [1.82, 2.24) is 0 Å². The van der Waals surface area contributed by atoms with Crippen LogP contribution in [0.1, 0.15) is 27.2 Å². The summed E-state index contributed by atoms with van der Waals surface area (Å²) in [4.78, 5) is 31.7. The molecular formula is C9H11O5-. The van der Waals surface area contributed by atoms with E-state index >= 15 is 0 Å². The van der Waals surface area contributed by atoms with Crippen LogP contribution in [-0.4, -0.2) is 17.7 Å². The summed E-state index contributed by atoms with van der Waals surface area (Å²) in [5, 5.41) is 10.3. The first-order valence-corrected chi connectivity index (χ1v) is 3.93. The largest absolute Gasteiger partial charge is 0.545 e. The van der Waals surface area contributed by atoms with E-state index in [9.17, 15) is 19.5 Å². The van der Waals surface area contributed by atoms with Gasteiger partial charge >= 0.3 is 5.97 Å². The Morgan fingerprint density at radius 2 is 1.64 bits per heavy atom. The minimum absolute atomic E-state index is 0.0590. The van der Waals surface area contributed by atoms with Crippen LogP contribution < -0.4 is 5.11 Å². The summed E-state index contributed by atoms with van der Waals surface area (Å²) in [6.45, 7) is 3.82. The van der Waals surface area contributed by atoms with Crippen LogP contribution in [0.2, 0.25) is 0 Å². The second-order valence-electron chi connectivity index (χ2n) is 2.82. The van der Waals surface area contributed by atoms with Crippen LogP contribution in [0.3, 0.4) is 0 Å². The molecule has 0 fully saturated rings. The topological polar surface area (TPSA) is 83.5 Å². The zero-order valence-electron chi connectivity index (χ0n) is 8.25. The van der Waals surface area contributed by atoms with Crippen LogP contribution in [0, 0.1) is 0 Å². The molecule has 0 aliphatic heterocycles. The molecule has 0 saturated heterocycles. The van der Waals surface area contributed by atoms with Crippen molar-refractivity contribution in [2.75, 3.05) is 0 Å². The molecule has 0 atom stereocenters. The van der Waals surface area contributed by atoms with Gasteiger partial charge in [0.1, 0.15) is 18.0 Å².